The summed E-state index contributed by atoms with van der Waals surface area (Å²) in [6.45, 7) is 2.26. The molecule has 2 rings (SSSR count). The van der Waals surface area contributed by atoms with Gasteiger partial charge in [-0.1, -0.05) is 0 Å². The summed E-state index contributed by atoms with van der Waals surface area (Å²) >= 11 is 0. The molecule has 1 fully saturated rings. The van der Waals surface area contributed by atoms with Gasteiger partial charge in [0, 0.05) is 13.0 Å². The molecule has 0 spiro atoms. The molecule has 1 aromatic carbocycles. The van der Waals surface area contributed by atoms with Crippen molar-refractivity contribution in [1.29, 1.82) is 0 Å². The van der Waals surface area contributed by atoms with Crippen molar-refractivity contribution in [2.45, 2.75) is 49.5 Å². The lowest BCUT2D eigenvalue weighted by Gasteiger charge is -2.41. The van der Waals surface area contributed by atoms with Crippen LogP contribution < -0.4 is 14.8 Å². The van der Waals surface area contributed by atoms with Gasteiger partial charge in [-0.25, -0.2) is 13.1 Å². The van der Waals surface area contributed by atoms with E-state index in [-0.39, 0.29) is 30.2 Å². The van der Waals surface area contributed by atoms with Gasteiger partial charge in [-0.2, -0.15) is 0 Å². The summed E-state index contributed by atoms with van der Waals surface area (Å²) in [5.74, 6) is -0.739. The van der Waals surface area contributed by atoms with Crippen molar-refractivity contribution in [1.82, 2.24) is 10.0 Å². The quantitative estimate of drug-likeness (QED) is 0.558. The molecule has 144 valence electrons. The predicted octanol–water partition coefficient (Wildman–Crippen LogP) is 1.27. The van der Waals surface area contributed by atoms with E-state index >= 15 is 0 Å². The molecule has 1 amide bonds. The molecule has 3 N–H and O–H groups in total. The zero-order valence-electron chi connectivity index (χ0n) is 14.7. The van der Waals surface area contributed by atoms with Gasteiger partial charge in [0.25, 0.3) is 0 Å². The normalized spacial score (nSPS) is 15.7. The van der Waals surface area contributed by atoms with Gasteiger partial charge in [0.1, 0.15) is 5.75 Å². The maximum atomic E-state index is 12.2. The third-order valence-electron chi connectivity index (χ3n) is 4.29. The SMILES string of the molecule is CCOc1ccc(S(=O)(=O)NCCC(=O)NC2(CC(=O)O)CCC2)cc1. The van der Waals surface area contributed by atoms with Crippen molar-refractivity contribution >= 4 is 21.9 Å². The number of carboxylic acid groups (broad SMARTS) is 1. The van der Waals surface area contributed by atoms with E-state index < -0.39 is 21.5 Å². The summed E-state index contributed by atoms with van der Waals surface area (Å²) in [6.07, 6.45) is 1.96. The van der Waals surface area contributed by atoms with Gasteiger partial charge in [0.15, 0.2) is 0 Å². The maximum absolute atomic E-state index is 12.2. The molecule has 0 radical (unpaired) electrons. The number of aliphatic carboxylic acids is 1. The zero-order valence-corrected chi connectivity index (χ0v) is 15.5. The highest BCUT2D eigenvalue weighted by Gasteiger charge is 2.40. The molecule has 0 atom stereocenters. The largest absolute Gasteiger partial charge is 0.494 e. The molecule has 8 nitrogen and oxygen atoms in total. The molecule has 1 saturated carbocycles. The standard InChI is InChI=1S/C17H24N2O6S/c1-2-25-13-4-6-14(7-5-13)26(23,24)18-11-8-15(20)19-17(9-3-10-17)12-16(21)22/h4-7,18H,2-3,8-12H2,1H3,(H,19,20)(H,21,22). The minimum atomic E-state index is -3.72. The van der Waals surface area contributed by atoms with E-state index in [2.05, 4.69) is 10.0 Å². The molecule has 26 heavy (non-hydrogen) atoms. The van der Waals surface area contributed by atoms with Crippen LogP contribution in [0.3, 0.4) is 0 Å². The Bertz CT molecular complexity index is 741. The number of hydrogen-bond donors (Lipinski definition) is 3. The Kier molecular flexibility index (Phi) is 6.60. The van der Waals surface area contributed by atoms with Crippen LogP contribution in [-0.4, -0.2) is 44.1 Å². The number of carboxylic acids is 1. The fourth-order valence-corrected chi connectivity index (χ4v) is 3.89. The van der Waals surface area contributed by atoms with Crippen LogP contribution in [-0.2, 0) is 19.6 Å². The number of rotatable bonds is 10. The monoisotopic (exact) mass is 384 g/mol. The number of nitrogens with one attached hydrogen (secondary N) is 2. The molecule has 0 unspecified atom stereocenters. The first-order valence-corrected chi connectivity index (χ1v) is 10.00. The van der Waals surface area contributed by atoms with Crippen LogP contribution in [0, 0.1) is 0 Å². The van der Waals surface area contributed by atoms with Gasteiger partial charge in [-0.3, -0.25) is 9.59 Å². The molecule has 1 aromatic rings. The third-order valence-corrected chi connectivity index (χ3v) is 5.77. The van der Waals surface area contributed by atoms with E-state index in [4.69, 9.17) is 9.84 Å². The number of sulfonamides is 1. The van der Waals surface area contributed by atoms with Crippen molar-refractivity contribution in [3.8, 4) is 5.75 Å². The summed E-state index contributed by atoms with van der Waals surface area (Å²) in [5, 5.41) is 11.7. The van der Waals surface area contributed by atoms with Gasteiger partial charge >= 0.3 is 5.97 Å². The summed E-state index contributed by atoms with van der Waals surface area (Å²) < 4.78 is 32.1. The van der Waals surface area contributed by atoms with Crippen LogP contribution in [0.4, 0.5) is 0 Å². The lowest BCUT2D eigenvalue weighted by atomic mass is 9.74. The molecule has 9 heteroatoms. The molecular formula is C17H24N2O6S. The Hall–Kier alpha value is -2.13. The second-order valence-corrected chi connectivity index (χ2v) is 8.07. The topological polar surface area (TPSA) is 122 Å². The lowest BCUT2D eigenvalue weighted by Crippen LogP contribution is -2.55. The first-order chi connectivity index (χ1) is 12.3. The van der Waals surface area contributed by atoms with E-state index in [1.54, 1.807) is 12.1 Å². The summed E-state index contributed by atoms with van der Waals surface area (Å²) in [5.41, 5.74) is -0.684. The van der Waals surface area contributed by atoms with E-state index in [0.29, 0.717) is 25.2 Å². The number of carbonyl (C=O) groups is 2. The zero-order chi connectivity index (χ0) is 19.2. The second-order valence-electron chi connectivity index (χ2n) is 6.30. The van der Waals surface area contributed by atoms with Gasteiger partial charge in [0.2, 0.25) is 15.9 Å². The van der Waals surface area contributed by atoms with Crippen LogP contribution in [0.25, 0.3) is 0 Å². The van der Waals surface area contributed by atoms with Crippen LogP contribution in [0.5, 0.6) is 5.75 Å². The smallest absolute Gasteiger partial charge is 0.305 e. The van der Waals surface area contributed by atoms with E-state index in [1.165, 1.54) is 12.1 Å². The van der Waals surface area contributed by atoms with Crippen LogP contribution >= 0.6 is 0 Å². The number of ether oxygens (including phenoxy) is 1. The summed E-state index contributed by atoms with van der Waals surface area (Å²) in [4.78, 5) is 23.0. The van der Waals surface area contributed by atoms with Crippen molar-refractivity contribution in [3.63, 3.8) is 0 Å². The Balaban J connectivity index is 1.83. The average molecular weight is 384 g/mol. The molecule has 0 saturated heterocycles. The van der Waals surface area contributed by atoms with Crippen LogP contribution in [0.2, 0.25) is 0 Å². The molecule has 1 aliphatic carbocycles. The Labute approximate surface area is 153 Å². The fourth-order valence-electron chi connectivity index (χ4n) is 2.86. The minimum absolute atomic E-state index is 0.0579. The lowest BCUT2D eigenvalue weighted by molar-refractivity contribution is -0.140. The number of benzene rings is 1. The van der Waals surface area contributed by atoms with Crippen molar-refractivity contribution in [2.24, 2.45) is 0 Å². The number of carbonyl (C=O) groups excluding carboxylic acids is 1. The van der Waals surface area contributed by atoms with Gasteiger partial charge < -0.3 is 15.2 Å². The molecular weight excluding hydrogens is 360 g/mol. The molecule has 0 heterocycles. The van der Waals surface area contributed by atoms with Gasteiger partial charge in [-0.15, -0.1) is 0 Å². The first kappa shape index (κ1) is 20.2. The molecule has 0 aromatic heterocycles. The number of hydrogen-bond acceptors (Lipinski definition) is 5. The first-order valence-electron chi connectivity index (χ1n) is 8.52. The van der Waals surface area contributed by atoms with E-state index in [1.807, 2.05) is 6.92 Å². The van der Waals surface area contributed by atoms with E-state index in [9.17, 15) is 18.0 Å². The average Bonchev–Trinajstić information content (AvgIpc) is 2.53. The highest BCUT2D eigenvalue weighted by molar-refractivity contribution is 7.89. The molecule has 1 aliphatic rings. The van der Waals surface area contributed by atoms with Crippen LogP contribution in [0.1, 0.15) is 39.0 Å². The fraction of sp³-hybridized carbons (Fsp3) is 0.529. The Morgan fingerprint density at radius 3 is 2.38 bits per heavy atom. The van der Waals surface area contributed by atoms with E-state index in [0.717, 1.165) is 6.42 Å². The number of amides is 1. The molecule has 0 aliphatic heterocycles. The Morgan fingerprint density at radius 2 is 1.88 bits per heavy atom. The van der Waals surface area contributed by atoms with Crippen LogP contribution in [0.15, 0.2) is 29.2 Å². The Morgan fingerprint density at radius 1 is 1.23 bits per heavy atom. The summed E-state index contributed by atoms with van der Waals surface area (Å²) in [7, 11) is -3.72. The predicted molar refractivity (Wildman–Crippen MR) is 94.4 cm³/mol. The highest BCUT2D eigenvalue weighted by Crippen LogP contribution is 2.34. The maximum Gasteiger partial charge on any atom is 0.305 e. The van der Waals surface area contributed by atoms with Gasteiger partial charge in [0.05, 0.1) is 23.5 Å². The second kappa shape index (κ2) is 8.50. The third kappa shape index (κ3) is 5.43. The van der Waals surface area contributed by atoms with Crippen molar-refractivity contribution in [3.05, 3.63) is 24.3 Å². The van der Waals surface area contributed by atoms with Gasteiger partial charge in [-0.05, 0) is 50.5 Å². The minimum Gasteiger partial charge on any atom is -0.494 e. The van der Waals surface area contributed by atoms with Crippen molar-refractivity contribution in [2.75, 3.05) is 13.2 Å². The summed E-state index contributed by atoms with van der Waals surface area (Å²) in [6, 6.07) is 6.00. The highest BCUT2D eigenvalue weighted by atomic mass is 32.2. The molecule has 0 bridgehead atoms. The van der Waals surface area contributed by atoms with Crippen molar-refractivity contribution < 1.29 is 27.9 Å².